The summed E-state index contributed by atoms with van der Waals surface area (Å²) in [6.07, 6.45) is 1.73. The minimum absolute atomic E-state index is 0.0209. The van der Waals surface area contributed by atoms with E-state index in [0.717, 1.165) is 24.0 Å². The lowest BCUT2D eigenvalue weighted by Crippen LogP contribution is -2.32. The van der Waals surface area contributed by atoms with Gasteiger partial charge in [-0.25, -0.2) is 13.2 Å². The molecule has 0 atom stereocenters. The zero-order valence-electron chi connectivity index (χ0n) is 15.0. The monoisotopic (exact) mass is 373 g/mol. The highest BCUT2D eigenvalue weighted by molar-refractivity contribution is 7.89. The first-order valence-corrected chi connectivity index (χ1v) is 10.2. The van der Waals surface area contributed by atoms with Crippen LogP contribution < -0.4 is 0 Å². The van der Waals surface area contributed by atoms with Gasteiger partial charge in [0, 0.05) is 12.6 Å². The topological polar surface area (TPSA) is 63.7 Å². The predicted molar refractivity (Wildman–Crippen MR) is 99.3 cm³/mol. The van der Waals surface area contributed by atoms with Crippen molar-refractivity contribution in [1.29, 1.82) is 0 Å². The summed E-state index contributed by atoms with van der Waals surface area (Å²) < 4.78 is 32.9. The first kappa shape index (κ1) is 18.6. The molecule has 1 fully saturated rings. The molecule has 0 spiro atoms. The van der Waals surface area contributed by atoms with Gasteiger partial charge in [0.2, 0.25) is 10.0 Å². The molecule has 0 unspecified atom stereocenters. The summed E-state index contributed by atoms with van der Waals surface area (Å²) in [4.78, 5) is 12.1. The second-order valence-corrected chi connectivity index (χ2v) is 8.41. The number of aryl methyl sites for hydroxylation is 1. The Hall–Kier alpha value is -2.18. The van der Waals surface area contributed by atoms with Gasteiger partial charge in [0.05, 0.1) is 17.1 Å². The molecule has 0 aliphatic heterocycles. The molecule has 5 nitrogen and oxygen atoms in total. The average Bonchev–Trinajstić information content (AvgIpc) is 3.46. The first-order chi connectivity index (χ1) is 12.4. The summed E-state index contributed by atoms with van der Waals surface area (Å²) in [6.45, 7) is 4.29. The van der Waals surface area contributed by atoms with Gasteiger partial charge in [-0.1, -0.05) is 35.9 Å². The van der Waals surface area contributed by atoms with Gasteiger partial charge in [0.15, 0.2) is 0 Å². The molecule has 0 radical (unpaired) electrons. The standard InChI is InChI=1S/C20H23NO4S/c1-3-25-20(22)17-5-4-6-19(13-17)26(23,24)21(18-11-12-18)14-16-9-7-15(2)8-10-16/h4-10,13,18H,3,11-12,14H2,1-2H3. The van der Waals surface area contributed by atoms with E-state index in [0.29, 0.717) is 6.54 Å². The van der Waals surface area contributed by atoms with Gasteiger partial charge in [-0.15, -0.1) is 0 Å². The maximum absolute atomic E-state index is 13.2. The number of rotatable bonds is 7. The van der Waals surface area contributed by atoms with Crippen LogP contribution in [-0.4, -0.2) is 31.3 Å². The van der Waals surface area contributed by atoms with E-state index in [9.17, 15) is 13.2 Å². The van der Waals surface area contributed by atoms with Crippen molar-refractivity contribution in [3.63, 3.8) is 0 Å². The van der Waals surface area contributed by atoms with E-state index in [1.165, 1.54) is 12.1 Å². The number of sulfonamides is 1. The number of hydrogen-bond acceptors (Lipinski definition) is 4. The molecule has 138 valence electrons. The molecule has 0 heterocycles. The lowest BCUT2D eigenvalue weighted by Gasteiger charge is -2.22. The summed E-state index contributed by atoms with van der Waals surface area (Å²) in [7, 11) is -3.69. The molecule has 1 aliphatic carbocycles. The molecule has 2 aromatic rings. The van der Waals surface area contributed by atoms with E-state index in [1.54, 1.807) is 23.4 Å². The third kappa shape index (κ3) is 4.14. The first-order valence-electron chi connectivity index (χ1n) is 8.76. The second-order valence-electron chi connectivity index (χ2n) is 6.52. The summed E-state index contributed by atoms with van der Waals surface area (Å²) in [5.74, 6) is -0.513. The number of ether oxygens (including phenoxy) is 1. The van der Waals surface area contributed by atoms with E-state index in [1.807, 2.05) is 31.2 Å². The Morgan fingerprint density at radius 2 is 1.85 bits per heavy atom. The van der Waals surface area contributed by atoms with Gasteiger partial charge in [0.1, 0.15) is 0 Å². The Labute approximate surface area is 154 Å². The van der Waals surface area contributed by atoms with Crippen LogP contribution in [0.4, 0.5) is 0 Å². The van der Waals surface area contributed by atoms with Crippen LogP contribution in [0.5, 0.6) is 0 Å². The van der Waals surface area contributed by atoms with Crippen LogP contribution in [0.3, 0.4) is 0 Å². The summed E-state index contributed by atoms with van der Waals surface area (Å²) in [5.41, 5.74) is 2.34. The van der Waals surface area contributed by atoms with Crippen LogP contribution in [-0.2, 0) is 21.3 Å². The molecule has 1 saturated carbocycles. The molecule has 26 heavy (non-hydrogen) atoms. The number of esters is 1. The lowest BCUT2D eigenvalue weighted by atomic mass is 10.1. The molecule has 0 bridgehead atoms. The van der Waals surface area contributed by atoms with Crippen molar-refractivity contribution in [3.8, 4) is 0 Å². The lowest BCUT2D eigenvalue weighted by molar-refractivity contribution is 0.0526. The van der Waals surface area contributed by atoms with Crippen LogP contribution >= 0.6 is 0 Å². The number of carbonyl (C=O) groups is 1. The number of nitrogens with zero attached hydrogens (tertiary/aromatic N) is 1. The highest BCUT2D eigenvalue weighted by atomic mass is 32.2. The van der Waals surface area contributed by atoms with Gasteiger partial charge in [-0.05, 0) is 50.5 Å². The van der Waals surface area contributed by atoms with E-state index >= 15 is 0 Å². The van der Waals surface area contributed by atoms with Crippen molar-refractivity contribution in [3.05, 3.63) is 65.2 Å². The van der Waals surface area contributed by atoms with Gasteiger partial charge in [0.25, 0.3) is 0 Å². The van der Waals surface area contributed by atoms with Gasteiger partial charge in [-0.2, -0.15) is 4.31 Å². The summed E-state index contributed by atoms with van der Waals surface area (Å²) in [6, 6.07) is 14.0. The van der Waals surface area contributed by atoms with Crippen molar-refractivity contribution in [2.75, 3.05) is 6.61 Å². The van der Waals surface area contributed by atoms with Crippen LogP contribution in [0.25, 0.3) is 0 Å². The Morgan fingerprint density at radius 1 is 1.15 bits per heavy atom. The van der Waals surface area contributed by atoms with Crippen molar-refractivity contribution in [2.24, 2.45) is 0 Å². The number of hydrogen-bond donors (Lipinski definition) is 0. The molecule has 1 aliphatic rings. The van der Waals surface area contributed by atoms with E-state index in [2.05, 4.69) is 0 Å². The molecule has 2 aromatic carbocycles. The van der Waals surface area contributed by atoms with Gasteiger partial charge in [-0.3, -0.25) is 0 Å². The SMILES string of the molecule is CCOC(=O)c1cccc(S(=O)(=O)N(Cc2ccc(C)cc2)C2CC2)c1. The largest absolute Gasteiger partial charge is 0.462 e. The Bertz CT molecular complexity index is 886. The fraction of sp³-hybridized carbons (Fsp3) is 0.350. The number of carbonyl (C=O) groups excluding carboxylic acids is 1. The van der Waals surface area contributed by atoms with Crippen LogP contribution in [0.15, 0.2) is 53.4 Å². The molecule has 0 amide bonds. The van der Waals surface area contributed by atoms with Gasteiger partial charge < -0.3 is 4.74 Å². The van der Waals surface area contributed by atoms with Crippen LogP contribution in [0.2, 0.25) is 0 Å². The molecular formula is C20H23NO4S. The van der Waals surface area contributed by atoms with Crippen LogP contribution in [0.1, 0.15) is 41.3 Å². The third-order valence-corrected chi connectivity index (χ3v) is 6.26. The zero-order valence-corrected chi connectivity index (χ0v) is 15.8. The zero-order chi connectivity index (χ0) is 18.7. The third-order valence-electron chi connectivity index (χ3n) is 4.36. The molecule has 3 rings (SSSR count). The maximum Gasteiger partial charge on any atom is 0.338 e. The fourth-order valence-electron chi connectivity index (χ4n) is 2.78. The Morgan fingerprint density at radius 3 is 2.46 bits per heavy atom. The van der Waals surface area contributed by atoms with Crippen molar-refractivity contribution in [1.82, 2.24) is 4.31 Å². The molecule has 0 saturated heterocycles. The van der Waals surface area contributed by atoms with E-state index in [-0.39, 0.29) is 23.1 Å². The Kier molecular flexibility index (Phi) is 5.44. The van der Waals surface area contributed by atoms with Crippen molar-refractivity contribution in [2.45, 2.75) is 44.2 Å². The minimum atomic E-state index is -3.69. The fourth-order valence-corrected chi connectivity index (χ4v) is 4.50. The maximum atomic E-state index is 13.2. The van der Waals surface area contributed by atoms with E-state index < -0.39 is 16.0 Å². The highest BCUT2D eigenvalue weighted by Crippen LogP contribution is 2.33. The van der Waals surface area contributed by atoms with Crippen molar-refractivity contribution < 1.29 is 17.9 Å². The minimum Gasteiger partial charge on any atom is -0.462 e. The summed E-state index contributed by atoms with van der Waals surface area (Å²) >= 11 is 0. The Balaban J connectivity index is 1.90. The normalized spacial score (nSPS) is 14.4. The smallest absolute Gasteiger partial charge is 0.338 e. The van der Waals surface area contributed by atoms with Crippen molar-refractivity contribution >= 4 is 16.0 Å². The summed E-state index contributed by atoms with van der Waals surface area (Å²) in [5, 5.41) is 0. The average molecular weight is 373 g/mol. The molecular weight excluding hydrogens is 350 g/mol. The molecule has 0 aromatic heterocycles. The van der Waals surface area contributed by atoms with E-state index in [4.69, 9.17) is 4.74 Å². The quantitative estimate of drug-likeness (QED) is 0.697. The molecule has 6 heteroatoms. The molecule has 0 N–H and O–H groups in total. The van der Waals surface area contributed by atoms with Gasteiger partial charge >= 0.3 is 5.97 Å². The highest BCUT2D eigenvalue weighted by Gasteiger charge is 2.38. The van der Waals surface area contributed by atoms with Crippen LogP contribution in [0, 0.1) is 6.92 Å². The predicted octanol–water partition coefficient (Wildman–Crippen LogP) is 3.53. The second kappa shape index (κ2) is 7.60. The number of benzene rings is 2.